The number of benzene rings is 2. The second kappa shape index (κ2) is 9.34. The second-order valence-electron chi connectivity index (χ2n) is 7.46. The number of nitrogens with zero attached hydrogens (tertiary/aromatic N) is 3. The highest BCUT2D eigenvalue weighted by atomic mass is 16.1. The highest BCUT2D eigenvalue weighted by molar-refractivity contribution is 6.13. The van der Waals surface area contributed by atoms with Crippen molar-refractivity contribution in [2.45, 2.75) is 13.3 Å². The molecule has 0 radical (unpaired) electrons. The van der Waals surface area contributed by atoms with Crippen molar-refractivity contribution in [2.24, 2.45) is 0 Å². The lowest BCUT2D eigenvalue weighted by Crippen LogP contribution is -2.25. The molecule has 150 valence electrons. The third-order valence-corrected chi connectivity index (χ3v) is 4.83. The van der Waals surface area contributed by atoms with Crippen LogP contribution in [0.15, 0.2) is 67.0 Å². The molecule has 1 heterocycles. The average Bonchev–Trinajstić information content (AvgIpc) is 2.72. The molecule has 0 aliphatic rings. The van der Waals surface area contributed by atoms with E-state index in [1.54, 1.807) is 18.5 Å². The Morgan fingerprint density at radius 2 is 1.76 bits per heavy atom. The Kier molecular flexibility index (Phi) is 6.62. The van der Waals surface area contributed by atoms with Crippen LogP contribution in [-0.4, -0.2) is 42.9 Å². The Bertz CT molecular complexity index is 970. The van der Waals surface area contributed by atoms with Crippen molar-refractivity contribution in [3.63, 3.8) is 0 Å². The van der Waals surface area contributed by atoms with E-state index in [0.717, 1.165) is 36.4 Å². The highest BCUT2D eigenvalue weighted by Crippen LogP contribution is 2.34. The third-order valence-electron chi connectivity index (χ3n) is 4.83. The molecule has 5 heteroatoms. The predicted molar refractivity (Wildman–Crippen MR) is 120 cm³/mol. The first kappa shape index (κ1) is 20.6. The lowest BCUT2D eigenvalue weighted by molar-refractivity contribution is 0.103. The van der Waals surface area contributed by atoms with Gasteiger partial charge in [-0.25, -0.2) is 0 Å². The van der Waals surface area contributed by atoms with Gasteiger partial charge in [0.2, 0.25) is 0 Å². The molecule has 0 aliphatic heterocycles. The molecular formula is C24H28N4O. The van der Waals surface area contributed by atoms with Gasteiger partial charge in [0, 0.05) is 23.9 Å². The molecule has 2 N–H and O–H groups in total. The minimum absolute atomic E-state index is 0.00405. The molecule has 3 rings (SSSR count). The van der Waals surface area contributed by atoms with E-state index in [0.29, 0.717) is 16.8 Å². The quantitative estimate of drug-likeness (QED) is 0.583. The molecule has 0 spiro atoms. The van der Waals surface area contributed by atoms with Crippen LogP contribution in [0.4, 0.5) is 17.1 Å². The van der Waals surface area contributed by atoms with E-state index in [-0.39, 0.29) is 5.78 Å². The molecule has 0 bridgehead atoms. The number of pyridine rings is 1. The first-order chi connectivity index (χ1) is 14.0. The van der Waals surface area contributed by atoms with Gasteiger partial charge in [-0.2, -0.15) is 0 Å². The topological polar surface area (TPSA) is 62.5 Å². The fourth-order valence-electron chi connectivity index (χ4n) is 3.35. The fourth-order valence-corrected chi connectivity index (χ4v) is 3.35. The van der Waals surface area contributed by atoms with Gasteiger partial charge in [0.1, 0.15) is 0 Å². The van der Waals surface area contributed by atoms with Gasteiger partial charge < -0.3 is 15.5 Å². The van der Waals surface area contributed by atoms with Crippen molar-refractivity contribution in [1.82, 2.24) is 9.88 Å². The first-order valence-electron chi connectivity index (χ1n) is 9.79. The number of aryl methyl sites for hydroxylation is 1. The monoisotopic (exact) mass is 388 g/mol. The Morgan fingerprint density at radius 3 is 2.45 bits per heavy atom. The van der Waals surface area contributed by atoms with E-state index >= 15 is 0 Å². The van der Waals surface area contributed by atoms with E-state index in [9.17, 15) is 4.79 Å². The lowest BCUT2D eigenvalue weighted by Gasteiger charge is -2.28. The van der Waals surface area contributed by atoms with E-state index in [2.05, 4.69) is 28.9 Å². The Balaban J connectivity index is 2.07. The summed E-state index contributed by atoms with van der Waals surface area (Å²) in [6.07, 6.45) is 4.37. The number of hydrogen-bond donors (Lipinski definition) is 1. The number of ketones is 1. The van der Waals surface area contributed by atoms with Crippen LogP contribution in [0.1, 0.15) is 27.9 Å². The van der Waals surface area contributed by atoms with Gasteiger partial charge in [-0.3, -0.25) is 9.78 Å². The van der Waals surface area contributed by atoms with E-state index in [1.807, 2.05) is 55.5 Å². The molecule has 3 aromatic rings. The maximum Gasteiger partial charge on any atom is 0.195 e. The summed E-state index contributed by atoms with van der Waals surface area (Å²) in [6, 6.07) is 17.2. The SMILES string of the molecule is Cc1ccc(N(CCCN(C)C)c2cnccc2N)c(C(=O)c2ccccc2)c1. The maximum atomic E-state index is 13.3. The zero-order valence-electron chi connectivity index (χ0n) is 17.3. The fraction of sp³-hybridized carbons (Fsp3) is 0.250. The zero-order chi connectivity index (χ0) is 20.8. The normalized spacial score (nSPS) is 10.9. The number of anilines is 3. The van der Waals surface area contributed by atoms with Gasteiger partial charge in [0.15, 0.2) is 5.78 Å². The molecule has 0 saturated heterocycles. The molecule has 0 aliphatic carbocycles. The van der Waals surface area contributed by atoms with Crippen LogP contribution in [0, 0.1) is 6.92 Å². The minimum atomic E-state index is 0.00405. The van der Waals surface area contributed by atoms with Gasteiger partial charge in [-0.15, -0.1) is 0 Å². The van der Waals surface area contributed by atoms with Crippen molar-refractivity contribution in [2.75, 3.05) is 37.8 Å². The molecule has 0 fully saturated rings. The summed E-state index contributed by atoms with van der Waals surface area (Å²) in [4.78, 5) is 21.9. The van der Waals surface area contributed by atoms with Crippen molar-refractivity contribution >= 4 is 22.8 Å². The van der Waals surface area contributed by atoms with Crippen LogP contribution in [0.2, 0.25) is 0 Å². The van der Waals surface area contributed by atoms with Gasteiger partial charge in [0.25, 0.3) is 0 Å². The summed E-state index contributed by atoms with van der Waals surface area (Å²) in [5.41, 5.74) is 11.0. The summed E-state index contributed by atoms with van der Waals surface area (Å²) in [7, 11) is 4.11. The number of aromatic nitrogens is 1. The van der Waals surface area contributed by atoms with Crippen LogP contribution < -0.4 is 10.6 Å². The molecule has 1 aromatic heterocycles. The first-order valence-corrected chi connectivity index (χ1v) is 9.79. The van der Waals surface area contributed by atoms with Gasteiger partial charge in [0.05, 0.1) is 23.3 Å². The highest BCUT2D eigenvalue weighted by Gasteiger charge is 2.21. The molecule has 5 nitrogen and oxygen atoms in total. The van der Waals surface area contributed by atoms with Crippen LogP contribution in [0.25, 0.3) is 0 Å². The number of carbonyl (C=O) groups is 1. The van der Waals surface area contributed by atoms with Crippen LogP contribution >= 0.6 is 0 Å². The molecule has 0 saturated carbocycles. The van der Waals surface area contributed by atoms with E-state index in [4.69, 9.17) is 5.73 Å². The largest absolute Gasteiger partial charge is 0.397 e. The number of rotatable bonds is 8. The number of hydrogen-bond acceptors (Lipinski definition) is 5. The Labute approximate surface area is 172 Å². The zero-order valence-corrected chi connectivity index (χ0v) is 17.3. The Hall–Kier alpha value is -3.18. The number of nitrogens with two attached hydrogens (primary N) is 1. The van der Waals surface area contributed by atoms with Crippen LogP contribution in [0.3, 0.4) is 0 Å². The average molecular weight is 389 g/mol. The molecule has 2 aromatic carbocycles. The van der Waals surface area contributed by atoms with Gasteiger partial charge in [-0.1, -0.05) is 42.0 Å². The molecule has 0 atom stereocenters. The van der Waals surface area contributed by atoms with E-state index < -0.39 is 0 Å². The summed E-state index contributed by atoms with van der Waals surface area (Å²) in [5, 5.41) is 0. The molecule has 0 unspecified atom stereocenters. The second-order valence-corrected chi connectivity index (χ2v) is 7.46. The van der Waals surface area contributed by atoms with Crippen molar-refractivity contribution in [1.29, 1.82) is 0 Å². The third kappa shape index (κ3) is 5.00. The Morgan fingerprint density at radius 1 is 1.00 bits per heavy atom. The summed E-state index contributed by atoms with van der Waals surface area (Å²) >= 11 is 0. The summed E-state index contributed by atoms with van der Waals surface area (Å²) in [6.45, 7) is 3.66. The molecular weight excluding hydrogens is 360 g/mol. The maximum absolute atomic E-state index is 13.3. The molecule has 29 heavy (non-hydrogen) atoms. The van der Waals surface area contributed by atoms with Crippen molar-refractivity contribution < 1.29 is 4.79 Å². The standard InChI is InChI=1S/C24H28N4O/c1-18-10-11-22(20(16-18)24(29)19-8-5-4-6-9-19)28(15-7-14-27(2)3)23-17-26-13-12-21(23)25/h4-6,8-13,16-17H,7,14-15H2,1-3H3,(H2,25,26). The minimum Gasteiger partial charge on any atom is -0.397 e. The van der Waals surface area contributed by atoms with Gasteiger partial charge in [-0.05, 0) is 52.2 Å². The van der Waals surface area contributed by atoms with Crippen LogP contribution in [0.5, 0.6) is 0 Å². The predicted octanol–water partition coefficient (Wildman–Crippen LogP) is 4.29. The number of carbonyl (C=O) groups excluding carboxylic acids is 1. The van der Waals surface area contributed by atoms with Crippen molar-refractivity contribution in [3.05, 3.63) is 83.7 Å². The number of nitrogen functional groups attached to an aromatic ring is 1. The van der Waals surface area contributed by atoms with Crippen molar-refractivity contribution in [3.8, 4) is 0 Å². The lowest BCUT2D eigenvalue weighted by atomic mass is 9.98. The summed E-state index contributed by atoms with van der Waals surface area (Å²) < 4.78 is 0. The van der Waals surface area contributed by atoms with Crippen LogP contribution in [-0.2, 0) is 0 Å². The molecule has 0 amide bonds. The summed E-state index contributed by atoms with van der Waals surface area (Å²) in [5.74, 6) is 0.00405. The smallest absolute Gasteiger partial charge is 0.195 e. The van der Waals surface area contributed by atoms with Gasteiger partial charge >= 0.3 is 0 Å². The van der Waals surface area contributed by atoms with E-state index in [1.165, 1.54) is 0 Å².